The Kier molecular flexibility index (Phi) is 4.18. The van der Waals surface area contributed by atoms with Gasteiger partial charge in [-0.05, 0) is 37.4 Å². The van der Waals surface area contributed by atoms with Gasteiger partial charge in [-0.2, -0.15) is 0 Å². The number of benzene rings is 1. The molecular formula is C17H22N2S. The predicted octanol–water partition coefficient (Wildman–Crippen LogP) is 3.70. The van der Waals surface area contributed by atoms with Gasteiger partial charge in [0.1, 0.15) is 0 Å². The van der Waals surface area contributed by atoms with E-state index in [1.54, 1.807) is 16.9 Å². The van der Waals surface area contributed by atoms with Gasteiger partial charge in [0.05, 0.1) is 5.01 Å². The van der Waals surface area contributed by atoms with Crippen molar-refractivity contribution in [3.8, 4) is 0 Å². The van der Waals surface area contributed by atoms with E-state index >= 15 is 0 Å². The normalized spacial score (nSPS) is 19.0. The topological polar surface area (TPSA) is 24.9 Å². The minimum Gasteiger partial charge on any atom is -0.313 e. The molecule has 0 fully saturated rings. The molecule has 0 amide bonds. The van der Waals surface area contributed by atoms with Crippen molar-refractivity contribution in [1.29, 1.82) is 0 Å². The van der Waals surface area contributed by atoms with Gasteiger partial charge in [-0.1, -0.05) is 31.2 Å². The average Bonchev–Trinajstić information content (AvgIpc) is 3.04. The van der Waals surface area contributed by atoms with Crippen LogP contribution in [0.4, 0.5) is 0 Å². The number of aryl methyl sites for hydroxylation is 2. The molecule has 0 bridgehead atoms. The number of nitrogens with zero attached hydrogens (tertiary/aromatic N) is 1. The first-order valence-corrected chi connectivity index (χ1v) is 8.38. The first kappa shape index (κ1) is 13.8. The molecule has 3 rings (SSSR count). The Morgan fingerprint density at radius 1 is 1.40 bits per heavy atom. The van der Waals surface area contributed by atoms with E-state index in [2.05, 4.69) is 53.8 Å². The number of hydrogen-bond acceptors (Lipinski definition) is 3. The standard InChI is InChI=1S/C17H22N2S/c1-3-18-16(10-17-19-12(2)11-20-17)15-9-8-13-6-4-5-7-14(13)15/h4-7,11,15-16,18H,3,8-10H2,1-2H3. The van der Waals surface area contributed by atoms with Crippen LogP contribution in [0.5, 0.6) is 0 Å². The van der Waals surface area contributed by atoms with Crippen LogP contribution in [0.15, 0.2) is 29.6 Å². The Bertz CT molecular complexity index is 576. The third-order valence-electron chi connectivity index (χ3n) is 4.19. The summed E-state index contributed by atoms with van der Waals surface area (Å²) in [7, 11) is 0. The summed E-state index contributed by atoms with van der Waals surface area (Å²) in [6, 6.07) is 9.44. The molecule has 2 unspecified atom stereocenters. The van der Waals surface area contributed by atoms with Crippen LogP contribution in [0, 0.1) is 6.92 Å². The number of aromatic nitrogens is 1. The largest absolute Gasteiger partial charge is 0.313 e. The maximum absolute atomic E-state index is 4.64. The minimum absolute atomic E-state index is 0.509. The summed E-state index contributed by atoms with van der Waals surface area (Å²) in [5.74, 6) is 0.635. The molecule has 1 N–H and O–H groups in total. The third-order valence-corrected chi connectivity index (χ3v) is 5.18. The van der Waals surface area contributed by atoms with Crippen molar-refractivity contribution >= 4 is 11.3 Å². The highest BCUT2D eigenvalue weighted by molar-refractivity contribution is 7.09. The molecule has 0 saturated carbocycles. The van der Waals surface area contributed by atoms with Crippen molar-refractivity contribution in [1.82, 2.24) is 10.3 Å². The van der Waals surface area contributed by atoms with E-state index < -0.39 is 0 Å². The van der Waals surface area contributed by atoms with Crippen LogP contribution >= 0.6 is 11.3 Å². The van der Waals surface area contributed by atoms with E-state index in [1.807, 2.05) is 0 Å². The van der Waals surface area contributed by atoms with Gasteiger partial charge in [0, 0.05) is 29.5 Å². The van der Waals surface area contributed by atoms with Gasteiger partial charge in [-0.15, -0.1) is 11.3 Å². The zero-order valence-electron chi connectivity index (χ0n) is 12.2. The molecule has 0 aliphatic heterocycles. The molecule has 1 aliphatic carbocycles. The van der Waals surface area contributed by atoms with Crippen LogP contribution in [0.2, 0.25) is 0 Å². The van der Waals surface area contributed by atoms with Crippen molar-refractivity contribution in [3.05, 3.63) is 51.5 Å². The SMILES string of the molecule is CCNC(Cc1nc(C)cs1)C1CCc2ccccc21. The maximum atomic E-state index is 4.64. The average molecular weight is 286 g/mol. The molecular weight excluding hydrogens is 264 g/mol. The quantitative estimate of drug-likeness (QED) is 0.906. The molecule has 0 saturated heterocycles. The Labute approximate surface area is 125 Å². The van der Waals surface area contributed by atoms with Crippen molar-refractivity contribution in [2.24, 2.45) is 0 Å². The maximum Gasteiger partial charge on any atom is 0.0943 e. The molecule has 2 aromatic rings. The lowest BCUT2D eigenvalue weighted by molar-refractivity contribution is 0.434. The summed E-state index contributed by atoms with van der Waals surface area (Å²) in [6.07, 6.45) is 3.53. The summed E-state index contributed by atoms with van der Waals surface area (Å²) in [6.45, 7) is 5.29. The lowest BCUT2D eigenvalue weighted by atomic mass is 9.91. The molecule has 106 valence electrons. The second kappa shape index (κ2) is 6.06. The van der Waals surface area contributed by atoms with E-state index in [4.69, 9.17) is 0 Å². The van der Waals surface area contributed by atoms with Crippen molar-refractivity contribution < 1.29 is 0 Å². The second-order valence-corrected chi connectivity index (χ2v) is 6.54. The fraction of sp³-hybridized carbons (Fsp3) is 0.471. The molecule has 1 aliphatic rings. The van der Waals surface area contributed by atoms with Gasteiger partial charge in [-0.3, -0.25) is 0 Å². The first-order valence-electron chi connectivity index (χ1n) is 7.50. The van der Waals surface area contributed by atoms with Gasteiger partial charge < -0.3 is 5.32 Å². The highest BCUT2D eigenvalue weighted by atomic mass is 32.1. The summed E-state index contributed by atoms with van der Waals surface area (Å²) < 4.78 is 0. The molecule has 20 heavy (non-hydrogen) atoms. The molecule has 1 aromatic heterocycles. The third kappa shape index (κ3) is 2.79. The number of hydrogen-bond donors (Lipinski definition) is 1. The Morgan fingerprint density at radius 3 is 3.00 bits per heavy atom. The van der Waals surface area contributed by atoms with Crippen LogP contribution in [0.1, 0.15) is 41.1 Å². The predicted molar refractivity (Wildman–Crippen MR) is 85.5 cm³/mol. The van der Waals surface area contributed by atoms with Gasteiger partial charge in [0.15, 0.2) is 0 Å². The zero-order chi connectivity index (χ0) is 13.9. The van der Waals surface area contributed by atoms with E-state index in [-0.39, 0.29) is 0 Å². The summed E-state index contributed by atoms with van der Waals surface area (Å²) in [5, 5.41) is 7.11. The summed E-state index contributed by atoms with van der Waals surface area (Å²) >= 11 is 1.79. The molecule has 1 aromatic carbocycles. The smallest absolute Gasteiger partial charge is 0.0943 e. The number of thiazole rings is 1. The highest BCUT2D eigenvalue weighted by Gasteiger charge is 2.29. The molecule has 0 radical (unpaired) electrons. The Hall–Kier alpha value is -1.19. The minimum atomic E-state index is 0.509. The Balaban J connectivity index is 1.81. The van der Waals surface area contributed by atoms with Crippen LogP contribution in [0.25, 0.3) is 0 Å². The van der Waals surface area contributed by atoms with E-state index in [0.717, 1.165) is 18.7 Å². The van der Waals surface area contributed by atoms with E-state index in [0.29, 0.717) is 12.0 Å². The molecule has 2 atom stereocenters. The monoisotopic (exact) mass is 286 g/mol. The molecule has 0 spiro atoms. The van der Waals surface area contributed by atoms with Crippen molar-refractivity contribution in [2.75, 3.05) is 6.54 Å². The van der Waals surface area contributed by atoms with Gasteiger partial charge in [-0.25, -0.2) is 4.98 Å². The van der Waals surface area contributed by atoms with Crippen LogP contribution in [-0.4, -0.2) is 17.6 Å². The Morgan fingerprint density at radius 2 is 2.25 bits per heavy atom. The van der Waals surface area contributed by atoms with Gasteiger partial charge >= 0.3 is 0 Å². The van der Waals surface area contributed by atoms with Crippen LogP contribution in [-0.2, 0) is 12.8 Å². The summed E-state index contributed by atoms with van der Waals surface area (Å²) in [5.41, 5.74) is 4.23. The van der Waals surface area contributed by atoms with E-state index in [1.165, 1.54) is 23.4 Å². The van der Waals surface area contributed by atoms with Crippen molar-refractivity contribution in [2.45, 2.75) is 45.1 Å². The fourth-order valence-electron chi connectivity index (χ4n) is 3.31. The van der Waals surface area contributed by atoms with Gasteiger partial charge in [0.2, 0.25) is 0 Å². The van der Waals surface area contributed by atoms with Crippen LogP contribution in [0.3, 0.4) is 0 Å². The number of rotatable bonds is 5. The van der Waals surface area contributed by atoms with Crippen molar-refractivity contribution in [3.63, 3.8) is 0 Å². The molecule has 1 heterocycles. The van der Waals surface area contributed by atoms with E-state index in [9.17, 15) is 0 Å². The summed E-state index contributed by atoms with van der Waals surface area (Å²) in [4.78, 5) is 4.64. The lowest BCUT2D eigenvalue weighted by Crippen LogP contribution is -2.36. The number of nitrogens with one attached hydrogen (secondary N) is 1. The second-order valence-electron chi connectivity index (χ2n) is 5.59. The fourth-order valence-corrected chi connectivity index (χ4v) is 4.14. The highest BCUT2D eigenvalue weighted by Crippen LogP contribution is 2.36. The van der Waals surface area contributed by atoms with Gasteiger partial charge in [0.25, 0.3) is 0 Å². The van der Waals surface area contributed by atoms with Crippen LogP contribution < -0.4 is 5.32 Å². The first-order chi connectivity index (χ1) is 9.78. The zero-order valence-corrected chi connectivity index (χ0v) is 13.0. The lowest BCUT2D eigenvalue weighted by Gasteiger charge is -2.24. The molecule has 3 heteroatoms. The molecule has 2 nitrogen and oxygen atoms in total. The number of fused-ring (bicyclic) bond motifs is 1. The number of likely N-dealkylation sites (N-methyl/N-ethyl adjacent to an activating group) is 1.